The zero-order chi connectivity index (χ0) is 14.3. The Morgan fingerprint density at radius 2 is 2.40 bits per heavy atom. The maximum atomic E-state index is 11.9. The van der Waals surface area contributed by atoms with Crippen molar-refractivity contribution in [1.29, 1.82) is 0 Å². The fourth-order valence-corrected chi connectivity index (χ4v) is 4.16. The normalized spacial score (nSPS) is 26.6. The Morgan fingerprint density at radius 3 is 3.00 bits per heavy atom. The van der Waals surface area contributed by atoms with E-state index in [1.165, 1.54) is 35.9 Å². The first kappa shape index (κ1) is 13.6. The predicted octanol–water partition coefficient (Wildman–Crippen LogP) is 2.84. The minimum atomic E-state index is -0.0682. The van der Waals surface area contributed by atoms with Crippen LogP contribution in [0.4, 0.5) is 5.13 Å². The smallest absolute Gasteiger partial charge is 0.263 e. The molecule has 2 atom stereocenters. The van der Waals surface area contributed by atoms with Gasteiger partial charge in [0, 0.05) is 6.54 Å². The highest BCUT2D eigenvalue weighted by atomic mass is 32.1. The third-order valence-corrected chi connectivity index (χ3v) is 5.85. The van der Waals surface area contributed by atoms with Crippen LogP contribution in [0, 0.1) is 17.3 Å². The van der Waals surface area contributed by atoms with Crippen molar-refractivity contribution in [2.24, 2.45) is 17.3 Å². The molecule has 0 saturated heterocycles. The Hall–Kier alpha value is -1.36. The van der Waals surface area contributed by atoms with Crippen molar-refractivity contribution in [1.82, 2.24) is 10.3 Å². The zero-order valence-electron chi connectivity index (χ0n) is 12.0. The number of nitrogens with two attached hydrogens (primary N) is 1. The number of carbonyl (C=O) groups is 1. The largest absolute Gasteiger partial charge is 0.375 e. The van der Waals surface area contributed by atoms with E-state index in [4.69, 9.17) is 5.73 Å². The first-order valence-electron chi connectivity index (χ1n) is 7.17. The van der Waals surface area contributed by atoms with E-state index in [1.807, 2.05) is 0 Å². The Labute approximate surface area is 123 Å². The van der Waals surface area contributed by atoms with Gasteiger partial charge in [0.2, 0.25) is 0 Å². The van der Waals surface area contributed by atoms with Crippen molar-refractivity contribution in [3.63, 3.8) is 0 Å². The number of fused-ring (bicyclic) bond motifs is 1. The summed E-state index contributed by atoms with van der Waals surface area (Å²) in [6.45, 7) is 5.44. The van der Waals surface area contributed by atoms with Gasteiger partial charge in [0.25, 0.3) is 5.91 Å². The molecule has 3 aliphatic carbocycles. The number of nitrogen functional groups attached to an aromatic ring is 1. The highest BCUT2D eigenvalue weighted by molar-refractivity contribution is 7.17. The van der Waals surface area contributed by atoms with Gasteiger partial charge in [0.1, 0.15) is 4.88 Å². The number of hydrogen-bond acceptors (Lipinski definition) is 4. The average Bonchev–Trinajstić information content (AvgIpc) is 2.85. The number of rotatable bonds is 4. The maximum absolute atomic E-state index is 11.9. The second-order valence-corrected chi connectivity index (χ2v) is 7.45. The number of thiazole rings is 1. The minimum Gasteiger partial charge on any atom is -0.375 e. The number of amides is 1. The molecule has 3 N–H and O–H groups in total. The molecular weight excluding hydrogens is 270 g/mol. The number of allylic oxidation sites excluding steroid dienone is 1. The summed E-state index contributed by atoms with van der Waals surface area (Å²) in [7, 11) is 0. The minimum absolute atomic E-state index is 0.0682. The maximum Gasteiger partial charge on any atom is 0.263 e. The van der Waals surface area contributed by atoms with E-state index >= 15 is 0 Å². The molecule has 1 aromatic heterocycles. The van der Waals surface area contributed by atoms with Crippen molar-refractivity contribution in [3.8, 4) is 0 Å². The standard InChI is InChI=1S/C15H21N3OS/c1-15(2)10-4-3-9(11(15)7-10)5-6-17-13(19)12-8-18-14(16)20-12/h3,8,10-11H,4-7H2,1-2H3,(H2,16,18)(H,17,19)/t10-,11-/m0/s1. The second-order valence-electron chi connectivity index (χ2n) is 6.39. The lowest BCUT2D eigenvalue weighted by Gasteiger charge is -2.56. The fraction of sp³-hybridized carbons (Fsp3) is 0.600. The lowest BCUT2D eigenvalue weighted by molar-refractivity contribution is -0.00811. The van der Waals surface area contributed by atoms with Crippen LogP contribution in [0.1, 0.15) is 42.8 Å². The first-order valence-corrected chi connectivity index (χ1v) is 7.98. The number of nitrogens with zero attached hydrogens (tertiary/aromatic N) is 1. The van der Waals surface area contributed by atoms with Gasteiger partial charge >= 0.3 is 0 Å². The molecule has 5 heteroatoms. The van der Waals surface area contributed by atoms with Gasteiger partial charge in [-0.3, -0.25) is 4.79 Å². The Bertz CT molecular complexity index is 561. The summed E-state index contributed by atoms with van der Waals surface area (Å²) < 4.78 is 0. The van der Waals surface area contributed by atoms with Gasteiger partial charge in [0.15, 0.2) is 5.13 Å². The predicted molar refractivity (Wildman–Crippen MR) is 81.6 cm³/mol. The fourth-order valence-electron chi connectivity index (χ4n) is 3.56. The number of anilines is 1. The van der Waals surface area contributed by atoms with Gasteiger partial charge in [0.05, 0.1) is 6.20 Å². The monoisotopic (exact) mass is 291 g/mol. The van der Waals surface area contributed by atoms with Crippen LogP contribution in [0.5, 0.6) is 0 Å². The molecule has 1 heterocycles. The molecule has 4 nitrogen and oxygen atoms in total. The molecule has 0 aliphatic heterocycles. The van der Waals surface area contributed by atoms with Crippen LogP contribution < -0.4 is 11.1 Å². The van der Waals surface area contributed by atoms with Gasteiger partial charge < -0.3 is 11.1 Å². The average molecular weight is 291 g/mol. The Balaban J connectivity index is 1.51. The van der Waals surface area contributed by atoms with Crippen molar-refractivity contribution in [2.45, 2.75) is 33.1 Å². The quantitative estimate of drug-likeness (QED) is 0.838. The summed E-state index contributed by atoms with van der Waals surface area (Å²) in [5.74, 6) is 1.52. The number of carbonyl (C=O) groups excluding carboxylic acids is 1. The molecule has 1 saturated carbocycles. The van der Waals surface area contributed by atoms with E-state index in [0.29, 0.717) is 22.0 Å². The van der Waals surface area contributed by atoms with Crippen LogP contribution in [0.2, 0.25) is 0 Å². The third kappa shape index (κ3) is 2.24. The summed E-state index contributed by atoms with van der Waals surface area (Å²) in [6.07, 6.45) is 7.42. The van der Waals surface area contributed by atoms with Crippen molar-refractivity contribution in [2.75, 3.05) is 12.3 Å². The molecular formula is C15H21N3OS. The van der Waals surface area contributed by atoms with Crippen LogP contribution in [0.15, 0.2) is 17.8 Å². The summed E-state index contributed by atoms with van der Waals surface area (Å²) in [6, 6.07) is 0. The molecule has 0 spiro atoms. The van der Waals surface area contributed by atoms with Crippen molar-refractivity contribution >= 4 is 22.4 Å². The summed E-state index contributed by atoms with van der Waals surface area (Å²) in [5, 5.41) is 3.40. The lowest BCUT2D eigenvalue weighted by atomic mass is 9.48. The first-order chi connectivity index (χ1) is 9.48. The molecule has 0 unspecified atom stereocenters. The number of aromatic nitrogens is 1. The third-order valence-electron chi connectivity index (χ3n) is 5.03. The van der Waals surface area contributed by atoms with E-state index in [-0.39, 0.29) is 5.91 Å². The van der Waals surface area contributed by atoms with Gasteiger partial charge in [-0.25, -0.2) is 4.98 Å². The lowest BCUT2D eigenvalue weighted by Crippen LogP contribution is -2.48. The van der Waals surface area contributed by atoms with Gasteiger partial charge in [-0.1, -0.05) is 36.8 Å². The van der Waals surface area contributed by atoms with Crippen molar-refractivity contribution < 1.29 is 4.79 Å². The number of hydrogen-bond donors (Lipinski definition) is 2. The summed E-state index contributed by atoms with van der Waals surface area (Å²) in [4.78, 5) is 16.4. The van der Waals surface area contributed by atoms with Crippen LogP contribution >= 0.6 is 11.3 Å². The van der Waals surface area contributed by atoms with E-state index in [9.17, 15) is 4.79 Å². The van der Waals surface area contributed by atoms with Crippen LogP contribution in [-0.4, -0.2) is 17.4 Å². The van der Waals surface area contributed by atoms with E-state index in [2.05, 4.69) is 30.2 Å². The number of nitrogens with one attached hydrogen (secondary N) is 1. The van der Waals surface area contributed by atoms with Gasteiger partial charge in [-0.15, -0.1) is 0 Å². The SMILES string of the molecule is CC1(C)[C@H]2CC=C(CCNC(=O)c3cnc(N)s3)[C@@H]1C2. The second kappa shape index (κ2) is 4.88. The van der Waals surface area contributed by atoms with E-state index in [1.54, 1.807) is 0 Å². The molecule has 1 amide bonds. The molecule has 3 aliphatic rings. The van der Waals surface area contributed by atoms with Crippen LogP contribution in [-0.2, 0) is 0 Å². The highest BCUT2D eigenvalue weighted by Gasteiger charge is 2.50. The summed E-state index contributed by atoms with van der Waals surface area (Å²) in [5.41, 5.74) is 7.52. The van der Waals surface area contributed by atoms with E-state index < -0.39 is 0 Å². The topological polar surface area (TPSA) is 68.0 Å². The Kier molecular flexibility index (Phi) is 3.32. The molecule has 2 bridgehead atoms. The molecule has 108 valence electrons. The summed E-state index contributed by atoms with van der Waals surface area (Å²) >= 11 is 1.23. The molecule has 0 radical (unpaired) electrons. The van der Waals surface area contributed by atoms with Gasteiger partial charge in [-0.2, -0.15) is 0 Å². The molecule has 1 aromatic rings. The molecule has 4 rings (SSSR count). The van der Waals surface area contributed by atoms with Crippen LogP contribution in [0.3, 0.4) is 0 Å². The molecule has 1 fully saturated rings. The zero-order valence-corrected chi connectivity index (χ0v) is 12.8. The van der Waals surface area contributed by atoms with Crippen LogP contribution in [0.25, 0.3) is 0 Å². The molecule has 0 aromatic carbocycles. The Morgan fingerprint density at radius 1 is 1.60 bits per heavy atom. The van der Waals surface area contributed by atoms with E-state index in [0.717, 1.165) is 18.3 Å². The highest BCUT2D eigenvalue weighted by Crippen LogP contribution is 2.59. The van der Waals surface area contributed by atoms with Crippen molar-refractivity contribution in [3.05, 3.63) is 22.7 Å². The van der Waals surface area contributed by atoms with Gasteiger partial charge in [-0.05, 0) is 36.5 Å². The molecule has 20 heavy (non-hydrogen) atoms.